The summed E-state index contributed by atoms with van der Waals surface area (Å²) in [5.41, 5.74) is 3.36. The molecule has 0 bridgehead atoms. The number of hydrogen-bond acceptors (Lipinski definition) is 3. The molecule has 4 rings (SSSR count). The first-order valence-corrected chi connectivity index (χ1v) is 10.4. The summed E-state index contributed by atoms with van der Waals surface area (Å²) in [6.45, 7) is 6.62. The zero-order valence-electron chi connectivity index (χ0n) is 18.0. The molecule has 6 heteroatoms. The van der Waals surface area contributed by atoms with E-state index in [1.807, 2.05) is 66.9 Å². The Morgan fingerprint density at radius 2 is 1.65 bits per heavy atom. The van der Waals surface area contributed by atoms with Crippen LogP contribution in [-0.4, -0.2) is 26.8 Å². The van der Waals surface area contributed by atoms with Gasteiger partial charge in [-0.3, -0.25) is 9.59 Å². The van der Waals surface area contributed by atoms with Gasteiger partial charge in [0.15, 0.2) is 0 Å². The predicted octanol–water partition coefficient (Wildman–Crippen LogP) is 3.72. The smallest absolute Gasteiger partial charge is 0.281 e. The number of amides is 1. The highest BCUT2D eigenvalue weighted by molar-refractivity contribution is 5.88. The number of nitrogens with one attached hydrogen (secondary N) is 1. The molecule has 2 aromatic carbocycles. The molecule has 1 amide bonds. The highest BCUT2D eigenvalue weighted by atomic mass is 16.2. The molecule has 158 valence electrons. The lowest BCUT2D eigenvalue weighted by Gasteiger charge is -2.14. The Hall–Kier alpha value is -3.67. The van der Waals surface area contributed by atoms with Crippen molar-refractivity contribution in [3.8, 4) is 5.69 Å². The van der Waals surface area contributed by atoms with Crippen molar-refractivity contribution >= 4 is 16.7 Å². The maximum atomic E-state index is 13.2. The number of benzene rings is 2. The van der Waals surface area contributed by atoms with E-state index in [9.17, 15) is 9.59 Å². The molecule has 1 N–H and O–H groups in total. The van der Waals surface area contributed by atoms with Crippen molar-refractivity contribution in [3.05, 3.63) is 94.2 Å². The van der Waals surface area contributed by atoms with Crippen LogP contribution in [0.15, 0.2) is 71.7 Å². The van der Waals surface area contributed by atoms with E-state index in [2.05, 4.69) is 29.5 Å². The number of carbonyl (C=O) groups excluding carboxylic acids is 1. The van der Waals surface area contributed by atoms with E-state index in [0.717, 1.165) is 16.8 Å². The Labute approximate surface area is 181 Å². The number of aryl methyl sites for hydroxylation is 2. The molecule has 2 aromatic heterocycles. The third kappa shape index (κ3) is 4.01. The maximum absolute atomic E-state index is 13.2. The van der Waals surface area contributed by atoms with E-state index in [4.69, 9.17) is 0 Å². The molecule has 0 saturated carbocycles. The van der Waals surface area contributed by atoms with Crippen molar-refractivity contribution in [2.75, 3.05) is 6.54 Å². The standard InChI is InChI=1S/C25H26N4O2/c1-17(20-10-6-4-7-11-20)14-26-23(30)16-28-18(2)22-15-27-29(21-12-8-5-9-13-21)25(31)24(22)19(28)3/h4-13,15,17H,14,16H2,1-3H3,(H,26,30)/t17-/m0/s1. The van der Waals surface area contributed by atoms with E-state index in [1.165, 1.54) is 10.2 Å². The van der Waals surface area contributed by atoms with Gasteiger partial charge in [-0.1, -0.05) is 55.5 Å². The van der Waals surface area contributed by atoms with Crippen LogP contribution in [0.3, 0.4) is 0 Å². The molecule has 6 nitrogen and oxygen atoms in total. The first-order valence-electron chi connectivity index (χ1n) is 10.4. The summed E-state index contributed by atoms with van der Waals surface area (Å²) in [4.78, 5) is 25.8. The summed E-state index contributed by atoms with van der Waals surface area (Å²) in [6, 6.07) is 19.5. The monoisotopic (exact) mass is 414 g/mol. The first-order chi connectivity index (χ1) is 15.0. The van der Waals surface area contributed by atoms with Gasteiger partial charge in [-0.15, -0.1) is 0 Å². The zero-order valence-corrected chi connectivity index (χ0v) is 18.0. The fourth-order valence-corrected chi connectivity index (χ4v) is 3.97. The Bertz CT molecular complexity index is 1270. The Kier molecular flexibility index (Phi) is 5.71. The van der Waals surface area contributed by atoms with Gasteiger partial charge in [-0.05, 0) is 37.5 Å². The van der Waals surface area contributed by atoms with Gasteiger partial charge in [0.2, 0.25) is 5.91 Å². The molecule has 0 saturated heterocycles. The van der Waals surface area contributed by atoms with Gasteiger partial charge in [0.1, 0.15) is 6.54 Å². The lowest BCUT2D eigenvalue weighted by atomic mass is 10.0. The first kappa shape index (κ1) is 20.6. The quantitative estimate of drug-likeness (QED) is 0.523. The third-order valence-corrected chi connectivity index (χ3v) is 5.82. The summed E-state index contributed by atoms with van der Waals surface area (Å²) in [7, 11) is 0. The van der Waals surface area contributed by atoms with Crippen LogP contribution in [0.25, 0.3) is 16.5 Å². The molecule has 0 spiro atoms. The van der Waals surface area contributed by atoms with Crippen molar-refractivity contribution in [2.45, 2.75) is 33.2 Å². The topological polar surface area (TPSA) is 68.9 Å². The Morgan fingerprint density at radius 1 is 1.00 bits per heavy atom. The van der Waals surface area contributed by atoms with Crippen LogP contribution in [0.2, 0.25) is 0 Å². The molecular formula is C25H26N4O2. The van der Waals surface area contributed by atoms with Crippen LogP contribution in [-0.2, 0) is 11.3 Å². The summed E-state index contributed by atoms with van der Waals surface area (Å²) in [6.07, 6.45) is 1.71. The minimum absolute atomic E-state index is 0.0781. The van der Waals surface area contributed by atoms with E-state index in [0.29, 0.717) is 17.6 Å². The van der Waals surface area contributed by atoms with Crippen LogP contribution in [0.5, 0.6) is 0 Å². The maximum Gasteiger partial charge on any atom is 0.281 e. The van der Waals surface area contributed by atoms with Gasteiger partial charge in [0.05, 0.1) is 17.3 Å². The van der Waals surface area contributed by atoms with Gasteiger partial charge in [0.25, 0.3) is 5.56 Å². The summed E-state index contributed by atoms with van der Waals surface area (Å²) < 4.78 is 3.30. The van der Waals surface area contributed by atoms with Gasteiger partial charge >= 0.3 is 0 Å². The average Bonchev–Trinajstić information content (AvgIpc) is 3.04. The van der Waals surface area contributed by atoms with Crippen LogP contribution in [0, 0.1) is 13.8 Å². The van der Waals surface area contributed by atoms with Crippen molar-refractivity contribution in [2.24, 2.45) is 0 Å². The highest BCUT2D eigenvalue weighted by Crippen LogP contribution is 2.22. The van der Waals surface area contributed by atoms with Crippen LogP contribution in [0.4, 0.5) is 0 Å². The zero-order chi connectivity index (χ0) is 22.0. The van der Waals surface area contributed by atoms with Crippen molar-refractivity contribution < 1.29 is 4.79 Å². The molecule has 0 fully saturated rings. The third-order valence-electron chi connectivity index (χ3n) is 5.82. The van der Waals surface area contributed by atoms with E-state index >= 15 is 0 Å². The second-order valence-corrected chi connectivity index (χ2v) is 7.86. The second-order valence-electron chi connectivity index (χ2n) is 7.86. The van der Waals surface area contributed by atoms with Crippen molar-refractivity contribution in [1.29, 1.82) is 0 Å². The predicted molar refractivity (Wildman–Crippen MR) is 123 cm³/mol. The second kappa shape index (κ2) is 8.60. The molecular weight excluding hydrogens is 388 g/mol. The SMILES string of the molecule is Cc1c2cnn(-c3ccccc3)c(=O)c2c(C)n1CC(=O)NC[C@H](C)c1ccccc1. The van der Waals surface area contributed by atoms with Crippen LogP contribution >= 0.6 is 0 Å². The van der Waals surface area contributed by atoms with Gasteiger partial charge in [-0.2, -0.15) is 9.78 Å². The molecule has 0 aliphatic heterocycles. The molecule has 0 unspecified atom stereocenters. The summed E-state index contributed by atoms with van der Waals surface area (Å²) in [5.74, 6) is 0.143. The van der Waals surface area contributed by atoms with Crippen LogP contribution in [0.1, 0.15) is 29.8 Å². The largest absolute Gasteiger partial charge is 0.354 e. The van der Waals surface area contributed by atoms with E-state index in [1.54, 1.807) is 6.20 Å². The van der Waals surface area contributed by atoms with Gasteiger partial charge in [-0.25, -0.2) is 0 Å². The fraction of sp³-hybridized carbons (Fsp3) is 0.240. The molecule has 31 heavy (non-hydrogen) atoms. The highest BCUT2D eigenvalue weighted by Gasteiger charge is 2.18. The average molecular weight is 415 g/mol. The molecule has 0 radical (unpaired) electrons. The Morgan fingerprint density at radius 3 is 2.32 bits per heavy atom. The minimum Gasteiger partial charge on any atom is -0.354 e. The number of fused-ring (bicyclic) bond motifs is 1. The van der Waals surface area contributed by atoms with Crippen molar-refractivity contribution in [3.63, 3.8) is 0 Å². The molecule has 2 heterocycles. The summed E-state index contributed by atoms with van der Waals surface area (Å²) >= 11 is 0. The van der Waals surface area contributed by atoms with Crippen molar-refractivity contribution in [1.82, 2.24) is 19.7 Å². The number of para-hydroxylation sites is 1. The molecule has 0 aliphatic carbocycles. The number of nitrogens with zero attached hydrogens (tertiary/aromatic N) is 3. The van der Waals surface area contributed by atoms with Gasteiger partial charge in [0, 0.05) is 23.3 Å². The van der Waals surface area contributed by atoms with Crippen LogP contribution < -0.4 is 10.9 Å². The number of rotatable bonds is 6. The van der Waals surface area contributed by atoms with Gasteiger partial charge < -0.3 is 9.88 Å². The number of aromatic nitrogens is 3. The lowest BCUT2D eigenvalue weighted by molar-refractivity contribution is -0.121. The summed E-state index contributed by atoms with van der Waals surface area (Å²) in [5, 5.41) is 8.75. The fourth-order valence-electron chi connectivity index (χ4n) is 3.97. The van der Waals surface area contributed by atoms with E-state index < -0.39 is 0 Å². The number of carbonyl (C=O) groups is 1. The minimum atomic E-state index is -0.179. The molecule has 0 aliphatic rings. The molecule has 4 aromatic rings. The molecule has 1 atom stereocenters. The normalized spacial score (nSPS) is 12.1. The number of hydrogen-bond donors (Lipinski definition) is 1. The van der Waals surface area contributed by atoms with E-state index in [-0.39, 0.29) is 23.9 Å². The lowest BCUT2D eigenvalue weighted by Crippen LogP contribution is -2.31. The Balaban J connectivity index is 1.57.